The van der Waals surface area contributed by atoms with E-state index in [-0.39, 0.29) is 29.8 Å². The first-order valence-electron chi connectivity index (χ1n) is 9.00. The molecule has 26 heavy (non-hydrogen) atoms. The third-order valence-corrected chi connectivity index (χ3v) is 5.71. The van der Waals surface area contributed by atoms with Crippen LogP contribution in [0.25, 0.3) is 0 Å². The number of halogens is 1. The van der Waals surface area contributed by atoms with E-state index in [1.54, 1.807) is 0 Å². The van der Waals surface area contributed by atoms with E-state index < -0.39 is 6.10 Å². The van der Waals surface area contributed by atoms with E-state index >= 15 is 0 Å². The van der Waals surface area contributed by atoms with Crippen LogP contribution in [0.5, 0.6) is 0 Å². The fourth-order valence-electron chi connectivity index (χ4n) is 4.35. The van der Waals surface area contributed by atoms with Gasteiger partial charge in [-0.1, -0.05) is 55.0 Å². The summed E-state index contributed by atoms with van der Waals surface area (Å²) in [4.78, 5) is 15.3. The molecule has 2 N–H and O–H groups in total. The van der Waals surface area contributed by atoms with Gasteiger partial charge in [-0.2, -0.15) is 0 Å². The monoisotopic (exact) mass is 372 g/mol. The quantitative estimate of drug-likeness (QED) is 0.847. The van der Waals surface area contributed by atoms with E-state index in [4.69, 9.17) is 0 Å². The first-order chi connectivity index (χ1) is 12.2. The van der Waals surface area contributed by atoms with Crippen molar-refractivity contribution in [2.45, 2.75) is 36.8 Å². The first kappa shape index (κ1) is 18.9. The molecule has 1 heterocycles. The third-order valence-electron chi connectivity index (χ3n) is 5.71. The smallest absolute Gasteiger partial charge is 0.238 e. The van der Waals surface area contributed by atoms with Gasteiger partial charge in [-0.05, 0) is 37.1 Å². The molecule has 4 nitrogen and oxygen atoms in total. The molecular weight excluding hydrogens is 348 g/mol. The van der Waals surface area contributed by atoms with Gasteiger partial charge in [0.05, 0.1) is 17.6 Å². The minimum atomic E-state index is -0.681. The summed E-state index contributed by atoms with van der Waals surface area (Å²) in [5.41, 5.74) is 2.67. The summed E-state index contributed by atoms with van der Waals surface area (Å²) in [5.74, 6) is 0.143. The highest BCUT2D eigenvalue weighted by Crippen LogP contribution is 2.55. The molecule has 5 heteroatoms. The van der Waals surface area contributed by atoms with Crippen LogP contribution in [-0.4, -0.2) is 30.7 Å². The maximum atomic E-state index is 13.5. The summed E-state index contributed by atoms with van der Waals surface area (Å²) in [6, 6.07) is 17.6. The van der Waals surface area contributed by atoms with Crippen LogP contribution in [0.4, 0.5) is 5.69 Å². The Morgan fingerprint density at radius 2 is 1.77 bits per heavy atom. The normalized spacial score (nSPS) is 19.5. The van der Waals surface area contributed by atoms with Crippen LogP contribution in [-0.2, 0) is 10.2 Å². The average Bonchev–Trinajstić information content (AvgIpc) is 2.86. The summed E-state index contributed by atoms with van der Waals surface area (Å²) in [6.07, 6.45) is 2.22. The number of aliphatic hydroxyl groups excluding tert-OH is 1. The number of amides is 1. The molecule has 2 aromatic carbocycles. The molecule has 0 unspecified atom stereocenters. The van der Waals surface area contributed by atoms with Gasteiger partial charge in [0, 0.05) is 12.2 Å². The number of hydrogen-bond donors (Lipinski definition) is 2. The number of para-hydroxylation sites is 1. The fraction of sp³-hybridized carbons (Fsp3) is 0.381. The Labute approximate surface area is 160 Å². The molecular formula is C21H25ClN2O2. The summed E-state index contributed by atoms with van der Waals surface area (Å²) in [6.45, 7) is 0.429. The predicted molar refractivity (Wildman–Crippen MR) is 106 cm³/mol. The average molecular weight is 373 g/mol. The standard InChI is InChI=1S/C21H24N2O2.ClH/c1-22-14-18(24)19(15-8-3-2-4-9-15)23-17-11-6-5-10-16(17)21(20(23)25)12-7-13-21;/h2-6,8-11,18-19,22,24H,7,12-14H2,1H3;1H/t18-,19+;/m1./s1. The maximum Gasteiger partial charge on any atom is 0.238 e. The molecule has 4 rings (SSSR count). The molecule has 1 amide bonds. The second-order valence-electron chi connectivity index (χ2n) is 7.11. The first-order valence-corrected chi connectivity index (χ1v) is 9.00. The van der Waals surface area contributed by atoms with Crippen molar-refractivity contribution in [1.82, 2.24) is 5.32 Å². The van der Waals surface area contributed by atoms with Crippen molar-refractivity contribution < 1.29 is 9.90 Å². The highest BCUT2D eigenvalue weighted by molar-refractivity contribution is 6.09. The summed E-state index contributed by atoms with van der Waals surface area (Å²) >= 11 is 0. The molecule has 1 saturated carbocycles. The second kappa shape index (κ2) is 7.39. The number of likely N-dealkylation sites (N-methyl/N-ethyl adjacent to an activating group) is 1. The molecule has 1 fully saturated rings. The second-order valence-corrected chi connectivity index (χ2v) is 7.11. The lowest BCUT2D eigenvalue weighted by atomic mass is 9.65. The highest BCUT2D eigenvalue weighted by atomic mass is 35.5. The molecule has 0 saturated heterocycles. The molecule has 1 aliphatic heterocycles. The van der Waals surface area contributed by atoms with Gasteiger partial charge < -0.3 is 15.3 Å². The molecule has 1 spiro atoms. The van der Waals surface area contributed by atoms with Crippen molar-refractivity contribution in [2.75, 3.05) is 18.5 Å². The van der Waals surface area contributed by atoms with E-state index in [1.165, 1.54) is 0 Å². The Bertz CT molecular complexity index is 777. The third kappa shape index (κ3) is 2.73. The van der Waals surface area contributed by atoms with Gasteiger partial charge in [0.1, 0.15) is 0 Å². The van der Waals surface area contributed by atoms with Crippen molar-refractivity contribution >= 4 is 24.0 Å². The number of nitrogens with zero attached hydrogens (tertiary/aromatic N) is 1. The number of aliphatic hydroxyl groups is 1. The van der Waals surface area contributed by atoms with Crippen LogP contribution < -0.4 is 10.2 Å². The number of carbonyl (C=O) groups excluding carboxylic acids is 1. The molecule has 138 valence electrons. The zero-order valence-electron chi connectivity index (χ0n) is 14.9. The van der Waals surface area contributed by atoms with Gasteiger partial charge in [0.15, 0.2) is 0 Å². The zero-order chi connectivity index (χ0) is 17.4. The summed E-state index contributed by atoms with van der Waals surface area (Å²) in [5, 5.41) is 13.9. The predicted octanol–water partition coefficient (Wildman–Crippen LogP) is 3.20. The number of benzene rings is 2. The van der Waals surface area contributed by atoms with Gasteiger partial charge in [-0.3, -0.25) is 4.79 Å². The number of hydrogen-bond acceptors (Lipinski definition) is 3. The van der Waals surface area contributed by atoms with Crippen LogP contribution in [0.1, 0.15) is 36.4 Å². The van der Waals surface area contributed by atoms with Crippen LogP contribution in [0.3, 0.4) is 0 Å². The van der Waals surface area contributed by atoms with Gasteiger partial charge in [0.25, 0.3) is 0 Å². The summed E-state index contributed by atoms with van der Waals surface area (Å²) < 4.78 is 0. The van der Waals surface area contributed by atoms with E-state index in [0.717, 1.165) is 36.1 Å². The fourth-order valence-corrected chi connectivity index (χ4v) is 4.35. The van der Waals surface area contributed by atoms with Crippen molar-refractivity contribution in [3.8, 4) is 0 Å². The molecule has 2 atom stereocenters. The Hall–Kier alpha value is -1.88. The van der Waals surface area contributed by atoms with Crippen molar-refractivity contribution in [3.63, 3.8) is 0 Å². The molecule has 2 aliphatic rings. The Balaban J connectivity index is 0.00000196. The van der Waals surface area contributed by atoms with Gasteiger partial charge >= 0.3 is 0 Å². The van der Waals surface area contributed by atoms with Crippen molar-refractivity contribution in [2.24, 2.45) is 0 Å². The minimum Gasteiger partial charge on any atom is -0.389 e. The minimum absolute atomic E-state index is 0. The number of carbonyl (C=O) groups is 1. The van der Waals surface area contributed by atoms with Gasteiger partial charge in [-0.25, -0.2) is 0 Å². The Morgan fingerprint density at radius 1 is 1.12 bits per heavy atom. The zero-order valence-corrected chi connectivity index (χ0v) is 15.7. The lowest BCUT2D eigenvalue weighted by Crippen LogP contribution is -2.49. The number of nitrogens with one attached hydrogen (secondary N) is 1. The van der Waals surface area contributed by atoms with Crippen LogP contribution in [0.2, 0.25) is 0 Å². The topological polar surface area (TPSA) is 52.6 Å². The molecule has 1 aliphatic carbocycles. The number of fused-ring (bicyclic) bond motifs is 2. The number of anilines is 1. The van der Waals surface area contributed by atoms with Gasteiger partial charge in [-0.15, -0.1) is 12.4 Å². The lowest BCUT2D eigenvalue weighted by Gasteiger charge is -2.39. The SMILES string of the molecule is CNC[C@@H](O)[C@H](c1ccccc1)N1C(=O)C2(CCC2)c2ccccc21.Cl. The van der Waals surface area contributed by atoms with E-state index in [2.05, 4.69) is 11.4 Å². The van der Waals surface area contributed by atoms with Gasteiger partial charge in [0.2, 0.25) is 5.91 Å². The highest BCUT2D eigenvalue weighted by Gasteiger charge is 2.56. The number of rotatable bonds is 5. The molecule has 0 aromatic heterocycles. The Morgan fingerprint density at radius 3 is 2.38 bits per heavy atom. The van der Waals surface area contributed by atoms with E-state index in [1.807, 2.05) is 60.5 Å². The van der Waals surface area contributed by atoms with E-state index in [0.29, 0.717) is 6.54 Å². The lowest BCUT2D eigenvalue weighted by molar-refractivity contribution is -0.127. The van der Waals surface area contributed by atoms with Crippen LogP contribution in [0, 0.1) is 0 Å². The molecule has 0 bridgehead atoms. The van der Waals surface area contributed by atoms with Crippen molar-refractivity contribution in [3.05, 3.63) is 65.7 Å². The van der Waals surface area contributed by atoms with Crippen molar-refractivity contribution in [1.29, 1.82) is 0 Å². The Kier molecular flexibility index (Phi) is 5.37. The van der Waals surface area contributed by atoms with E-state index in [9.17, 15) is 9.90 Å². The van der Waals surface area contributed by atoms with Crippen LogP contribution >= 0.6 is 12.4 Å². The molecule has 0 radical (unpaired) electrons. The largest absolute Gasteiger partial charge is 0.389 e. The van der Waals surface area contributed by atoms with Crippen LogP contribution in [0.15, 0.2) is 54.6 Å². The molecule has 2 aromatic rings. The summed E-state index contributed by atoms with van der Waals surface area (Å²) in [7, 11) is 1.82. The maximum absolute atomic E-state index is 13.5.